The van der Waals surface area contributed by atoms with Gasteiger partial charge in [0, 0.05) is 0 Å². The Morgan fingerprint density at radius 3 is 2.47 bits per heavy atom. The van der Waals surface area contributed by atoms with Crippen LogP contribution in [-0.4, -0.2) is 25.3 Å². The summed E-state index contributed by atoms with van der Waals surface area (Å²) in [4.78, 5) is 11.6. The first-order valence-corrected chi connectivity index (χ1v) is 7.64. The molecule has 1 rings (SSSR count). The number of hydroxylamine groups is 1. The van der Waals surface area contributed by atoms with Crippen LogP contribution in [0, 0.1) is 0 Å². The van der Waals surface area contributed by atoms with Crippen LogP contribution in [-0.2, 0) is 14.8 Å². The van der Waals surface area contributed by atoms with E-state index < -0.39 is 22.0 Å². The molecule has 1 aromatic rings. The van der Waals surface area contributed by atoms with Crippen LogP contribution in [0.3, 0.4) is 0 Å². The molecule has 0 radical (unpaired) electrons. The molecule has 0 aromatic heterocycles. The Labute approximate surface area is 112 Å². The minimum absolute atomic E-state index is 0.0501. The molecule has 0 heterocycles. The van der Waals surface area contributed by atoms with Crippen molar-refractivity contribution < 1.29 is 18.4 Å². The molecule has 1 atom stereocenters. The summed E-state index contributed by atoms with van der Waals surface area (Å²) in [5.41, 5.74) is 1.94. The van der Waals surface area contributed by atoms with Gasteiger partial charge in [0.15, 0.2) is 0 Å². The van der Waals surface area contributed by atoms with Gasteiger partial charge in [0.2, 0.25) is 10.0 Å². The van der Waals surface area contributed by atoms with Crippen LogP contribution in [0.2, 0.25) is 0 Å². The Balaban J connectivity index is 2.91. The average Bonchev–Trinajstić information content (AvgIpc) is 2.43. The second-order valence-corrected chi connectivity index (χ2v) is 5.98. The fourth-order valence-corrected chi connectivity index (χ4v) is 2.94. The molecule has 0 fully saturated rings. The second kappa shape index (κ2) is 7.22. The molecular formula is C12H18N2O4S. The van der Waals surface area contributed by atoms with Crippen molar-refractivity contribution >= 4 is 15.9 Å². The smallest absolute Gasteiger partial charge is 0.266 e. The topological polar surface area (TPSA) is 95.5 Å². The first-order chi connectivity index (χ1) is 9.00. The number of carbonyl (C=O) groups is 1. The van der Waals surface area contributed by atoms with E-state index in [1.165, 1.54) is 5.48 Å². The number of sulfonamides is 1. The zero-order chi connectivity index (χ0) is 14.3. The molecule has 0 bridgehead atoms. The quantitative estimate of drug-likeness (QED) is 0.514. The summed E-state index contributed by atoms with van der Waals surface area (Å²) in [6.07, 6.45) is 1.25. The van der Waals surface area contributed by atoms with Crippen molar-refractivity contribution in [3.8, 4) is 0 Å². The summed E-state index contributed by atoms with van der Waals surface area (Å²) in [6, 6.07) is 7.22. The molecule has 0 aliphatic rings. The van der Waals surface area contributed by atoms with Gasteiger partial charge in [-0.05, 0) is 12.0 Å². The summed E-state index contributed by atoms with van der Waals surface area (Å²) in [5, 5.41) is 8.71. The summed E-state index contributed by atoms with van der Waals surface area (Å²) in [5.74, 6) is -0.864. The van der Waals surface area contributed by atoms with Gasteiger partial charge in [0.05, 0.1) is 5.75 Å². The number of hydrogen-bond acceptors (Lipinski definition) is 4. The van der Waals surface area contributed by atoms with Crippen LogP contribution in [0.25, 0.3) is 0 Å². The number of unbranched alkanes of at least 4 members (excludes halogenated alkanes) is 1. The maximum Gasteiger partial charge on any atom is 0.266 e. The van der Waals surface area contributed by atoms with Crippen molar-refractivity contribution in [1.29, 1.82) is 0 Å². The Morgan fingerprint density at radius 1 is 1.32 bits per heavy atom. The highest BCUT2D eigenvalue weighted by molar-refractivity contribution is 7.89. The Morgan fingerprint density at radius 2 is 1.95 bits per heavy atom. The van der Waals surface area contributed by atoms with E-state index in [1.807, 2.05) is 6.92 Å². The Bertz CT molecular complexity index is 502. The van der Waals surface area contributed by atoms with Crippen molar-refractivity contribution in [2.75, 3.05) is 5.75 Å². The van der Waals surface area contributed by atoms with Crippen molar-refractivity contribution in [2.24, 2.45) is 0 Å². The highest BCUT2D eigenvalue weighted by Crippen LogP contribution is 2.14. The number of rotatable bonds is 7. The first kappa shape index (κ1) is 15.6. The monoisotopic (exact) mass is 286 g/mol. The number of benzene rings is 1. The molecule has 0 saturated heterocycles. The molecule has 3 N–H and O–H groups in total. The van der Waals surface area contributed by atoms with Crippen molar-refractivity contribution in [3.63, 3.8) is 0 Å². The minimum Gasteiger partial charge on any atom is -0.289 e. The van der Waals surface area contributed by atoms with Gasteiger partial charge in [-0.2, -0.15) is 4.72 Å². The van der Waals surface area contributed by atoms with Crippen LogP contribution in [0.4, 0.5) is 0 Å². The summed E-state index contributed by atoms with van der Waals surface area (Å²) in [7, 11) is -3.57. The van der Waals surface area contributed by atoms with Crippen LogP contribution in [0.5, 0.6) is 0 Å². The minimum atomic E-state index is -3.57. The maximum absolute atomic E-state index is 11.8. The molecular weight excluding hydrogens is 268 g/mol. The highest BCUT2D eigenvalue weighted by atomic mass is 32.2. The van der Waals surface area contributed by atoms with E-state index in [0.29, 0.717) is 12.0 Å². The van der Waals surface area contributed by atoms with E-state index in [1.54, 1.807) is 30.3 Å². The molecule has 1 aromatic carbocycles. The van der Waals surface area contributed by atoms with Gasteiger partial charge < -0.3 is 0 Å². The molecule has 106 valence electrons. The van der Waals surface area contributed by atoms with E-state index in [4.69, 9.17) is 5.21 Å². The Kier molecular flexibility index (Phi) is 5.94. The summed E-state index contributed by atoms with van der Waals surface area (Å²) >= 11 is 0. The van der Waals surface area contributed by atoms with E-state index in [0.717, 1.165) is 6.42 Å². The third-order valence-corrected chi connectivity index (χ3v) is 3.99. The number of carbonyl (C=O) groups excluding carboxylic acids is 1. The zero-order valence-corrected chi connectivity index (χ0v) is 11.5. The molecule has 1 unspecified atom stereocenters. The largest absolute Gasteiger partial charge is 0.289 e. The third-order valence-electron chi connectivity index (χ3n) is 2.57. The van der Waals surface area contributed by atoms with E-state index in [2.05, 4.69) is 4.72 Å². The fraction of sp³-hybridized carbons (Fsp3) is 0.417. The lowest BCUT2D eigenvalue weighted by molar-refractivity contribution is -0.131. The van der Waals surface area contributed by atoms with Crippen LogP contribution in [0.15, 0.2) is 30.3 Å². The normalized spacial score (nSPS) is 12.9. The average molecular weight is 286 g/mol. The van der Waals surface area contributed by atoms with E-state index in [9.17, 15) is 13.2 Å². The number of hydrogen-bond donors (Lipinski definition) is 3. The molecule has 0 aliphatic heterocycles. The van der Waals surface area contributed by atoms with Gasteiger partial charge in [-0.15, -0.1) is 0 Å². The molecule has 19 heavy (non-hydrogen) atoms. The van der Waals surface area contributed by atoms with Crippen LogP contribution < -0.4 is 10.2 Å². The molecule has 0 spiro atoms. The third kappa shape index (κ3) is 4.98. The van der Waals surface area contributed by atoms with Gasteiger partial charge in [-0.3, -0.25) is 10.0 Å². The Hall–Kier alpha value is -1.44. The van der Waals surface area contributed by atoms with Crippen molar-refractivity contribution in [3.05, 3.63) is 35.9 Å². The van der Waals surface area contributed by atoms with Gasteiger partial charge in [0.25, 0.3) is 5.91 Å². The summed E-state index contributed by atoms with van der Waals surface area (Å²) in [6.45, 7) is 1.88. The lowest BCUT2D eigenvalue weighted by atomic mass is 10.1. The van der Waals surface area contributed by atoms with Gasteiger partial charge in [0.1, 0.15) is 6.04 Å². The van der Waals surface area contributed by atoms with Gasteiger partial charge in [-0.1, -0.05) is 43.7 Å². The fourth-order valence-electron chi connectivity index (χ4n) is 1.56. The number of amides is 1. The van der Waals surface area contributed by atoms with Crippen molar-refractivity contribution in [2.45, 2.75) is 25.8 Å². The SMILES string of the molecule is CCCCS(=O)(=O)NC(C(=O)NO)c1ccccc1. The lowest BCUT2D eigenvalue weighted by Crippen LogP contribution is -2.40. The predicted molar refractivity (Wildman–Crippen MR) is 70.9 cm³/mol. The first-order valence-electron chi connectivity index (χ1n) is 5.99. The molecule has 0 aliphatic carbocycles. The van der Waals surface area contributed by atoms with Gasteiger partial charge >= 0.3 is 0 Å². The molecule has 1 amide bonds. The van der Waals surface area contributed by atoms with Crippen molar-refractivity contribution in [1.82, 2.24) is 10.2 Å². The zero-order valence-electron chi connectivity index (χ0n) is 10.7. The van der Waals surface area contributed by atoms with E-state index >= 15 is 0 Å². The van der Waals surface area contributed by atoms with Gasteiger partial charge in [-0.25, -0.2) is 13.9 Å². The number of nitrogens with one attached hydrogen (secondary N) is 2. The lowest BCUT2D eigenvalue weighted by Gasteiger charge is -2.17. The molecule has 7 heteroatoms. The maximum atomic E-state index is 11.8. The van der Waals surface area contributed by atoms with Crippen LogP contribution >= 0.6 is 0 Å². The molecule has 6 nitrogen and oxygen atoms in total. The molecule has 0 saturated carbocycles. The summed E-state index contributed by atoms with van der Waals surface area (Å²) < 4.78 is 25.9. The highest BCUT2D eigenvalue weighted by Gasteiger charge is 2.25. The van der Waals surface area contributed by atoms with Crippen LogP contribution in [0.1, 0.15) is 31.4 Å². The van der Waals surface area contributed by atoms with E-state index in [-0.39, 0.29) is 5.75 Å². The second-order valence-electron chi connectivity index (χ2n) is 4.11. The predicted octanol–water partition coefficient (Wildman–Crippen LogP) is 0.953. The standard InChI is InChI=1S/C12H18N2O4S/c1-2-3-9-19(17,18)14-11(12(15)13-16)10-7-5-4-6-8-10/h4-8,11,14,16H,2-3,9H2,1H3,(H,13,15).